The van der Waals surface area contributed by atoms with Gasteiger partial charge in [0.05, 0.1) is 7.11 Å². The molecule has 0 spiro atoms. The number of aldehydes is 1. The maximum Gasteiger partial charge on any atom is 0.139 e. The van der Waals surface area contributed by atoms with E-state index in [2.05, 4.69) is 28.3 Å². The number of nitrogens with two attached hydrogens (primary N) is 1. The van der Waals surface area contributed by atoms with Gasteiger partial charge in [0.1, 0.15) is 17.7 Å². The summed E-state index contributed by atoms with van der Waals surface area (Å²) in [5.41, 5.74) is 9.57. The van der Waals surface area contributed by atoms with Crippen molar-refractivity contribution in [1.82, 2.24) is 9.97 Å². The Morgan fingerprint density at radius 1 is 1.33 bits per heavy atom. The fourth-order valence-corrected chi connectivity index (χ4v) is 4.48. The minimum atomic E-state index is -0.326. The number of benzene rings is 1. The van der Waals surface area contributed by atoms with E-state index in [-0.39, 0.29) is 11.5 Å². The maximum atomic E-state index is 12.0. The number of nitrogens with zero attached hydrogens (tertiary/aromatic N) is 1. The molecule has 6 nitrogen and oxygen atoms in total. The van der Waals surface area contributed by atoms with Crippen LogP contribution in [0.5, 0.6) is 5.75 Å². The Bertz CT molecular complexity index is 1020. The molecule has 2 aromatic heterocycles. The Morgan fingerprint density at radius 2 is 2.13 bits per heavy atom. The van der Waals surface area contributed by atoms with E-state index in [1.807, 2.05) is 30.3 Å². The molecule has 1 aliphatic carbocycles. The molecule has 158 valence electrons. The van der Waals surface area contributed by atoms with Gasteiger partial charge in [0.2, 0.25) is 0 Å². The first-order valence-electron chi connectivity index (χ1n) is 10.6. The van der Waals surface area contributed by atoms with Crippen LogP contribution in [0, 0.1) is 11.3 Å². The Labute approximate surface area is 177 Å². The Balaban J connectivity index is 1.54. The highest BCUT2D eigenvalue weighted by atomic mass is 16.5. The number of rotatable bonds is 7. The highest BCUT2D eigenvalue weighted by molar-refractivity contribution is 5.93. The number of aromatic nitrogens is 2. The number of hydrogen-bond donors (Lipinski definition) is 3. The number of ether oxygens (including phenoxy) is 1. The lowest BCUT2D eigenvalue weighted by Gasteiger charge is -2.37. The van der Waals surface area contributed by atoms with Crippen LogP contribution in [0.25, 0.3) is 22.3 Å². The lowest BCUT2D eigenvalue weighted by Crippen LogP contribution is -2.39. The van der Waals surface area contributed by atoms with Crippen LogP contribution in [-0.2, 0) is 4.79 Å². The van der Waals surface area contributed by atoms with Crippen LogP contribution in [-0.4, -0.2) is 36.0 Å². The molecule has 0 saturated heterocycles. The van der Waals surface area contributed by atoms with Crippen molar-refractivity contribution in [2.75, 3.05) is 19.0 Å². The van der Waals surface area contributed by atoms with Gasteiger partial charge in [0, 0.05) is 46.5 Å². The summed E-state index contributed by atoms with van der Waals surface area (Å²) in [4.78, 5) is 19.9. The second-order valence-electron chi connectivity index (χ2n) is 8.57. The number of carbonyl (C=O) groups excluding carboxylic acids is 1. The van der Waals surface area contributed by atoms with Crippen LogP contribution >= 0.6 is 0 Å². The van der Waals surface area contributed by atoms with Gasteiger partial charge in [0.25, 0.3) is 0 Å². The van der Waals surface area contributed by atoms with Crippen LogP contribution in [0.2, 0.25) is 0 Å². The van der Waals surface area contributed by atoms with Crippen molar-refractivity contribution >= 4 is 23.0 Å². The number of H-pyrrole nitrogens is 1. The monoisotopic (exact) mass is 406 g/mol. The maximum absolute atomic E-state index is 12.0. The minimum absolute atomic E-state index is 0.192. The predicted octanol–water partition coefficient (Wildman–Crippen LogP) is 4.37. The first kappa shape index (κ1) is 20.4. The predicted molar refractivity (Wildman–Crippen MR) is 121 cm³/mol. The summed E-state index contributed by atoms with van der Waals surface area (Å²) in [6, 6.07) is 12.2. The fraction of sp³-hybridized carbons (Fsp3) is 0.417. The first-order valence-corrected chi connectivity index (χ1v) is 10.6. The lowest BCUT2D eigenvalue weighted by atomic mass is 9.70. The van der Waals surface area contributed by atoms with E-state index in [0.717, 1.165) is 65.7 Å². The van der Waals surface area contributed by atoms with Crippen LogP contribution in [0.4, 0.5) is 5.69 Å². The summed E-state index contributed by atoms with van der Waals surface area (Å²) in [6.07, 6.45) is 6.71. The van der Waals surface area contributed by atoms with E-state index >= 15 is 0 Å². The molecule has 1 aromatic carbocycles. The number of fused-ring (bicyclic) bond motifs is 1. The second-order valence-corrected chi connectivity index (χ2v) is 8.57. The average Bonchev–Trinajstić information content (AvgIpc) is 3.23. The van der Waals surface area contributed by atoms with Gasteiger partial charge < -0.3 is 25.6 Å². The molecule has 1 fully saturated rings. The molecular weight excluding hydrogens is 376 g/mol. The number of carbonyl (C=O) groups is 1. The van der Waals surface area contributed by atoms with Crippen LogP contribution < -0.4 is 15.8 Å². The Kier molecular flexibility index (Phi) is 5.77. The molecule has 1 aliphatic rings. The van der Waals surface area contributed by atoms with Crippen molar-refractivity contribution in [1.29, 1.82) is 0 Å². The number of hydrogen-bond acceptors (Lipinski definition) is 5. The van der Waals surface area contributed by atoms with E-state index < -0.39 is 0 Å². The molecule has 1 unspecified atom stereocenters. The molecule has 30 heavy (non-hydrogen) atoms. The van der Waals surface area contributed by atoms with Gasteiger partial charge in [0.15, 0.2) is 0 Å². The number of anilines is 1. The van der Waals surface area contributed by atoms with Crippen LogP contribution in [0.3, 0.4) is 0 Å². The van der Waals surface area contributed by atoms with Crippen LogP contribution in [0.15, 0.2) is 42.6 Å². The fourth-order valence-electron chi connectivity index (χ4n) is 4.48. The summed E-state index contributed by atoms with van der Waals surface area (Å²) < 4.78 is 5.34. The summed E-state index contributed by atoms with van der Waals surface area (Å²) in [6.45, 7) is 2.69. The summed E-state index contributed by atoms with van der Waals surface area (Å²) >= 11 is 0. The quantitative estimate of drug-likeness (QED) is 0.507. The molecule has 4 rings (SSSR count). The average molecular weight is 407 g/mol. The Hall–Kier alpha value is -2.86. The zero-order valence-corrected chi connectivity index (χ0v) is 17.7. The third kappa shape index (κ3) is 4.05. The zero-order chi connectivity index (χ0) is 21.1. The van der Waals surface area contributed by atoms with E-state index in [1.165, 1.54) is 0 Å². The van der Waals surface area contributed by atoms with Gasteiger partial charge in [-0.3, -0.25) is 0 Å². The number of pyridine rings is 1. The molecule has 1 atom stereocenters. The summed E-state index contributed by atoms with van der Waals surface area (Å²) in [5.74, 6) is 1.33. The summed E-state index contributed by atoms with van der Waals surface area (Å²) in [5, 5.41) is 4.55. The van der Waals surface area contributed by atoms with Crippen molar-refractivity contribution in [3.8, 4) is 17.0 Å². The van der Waals surface area contributed by atoms with Crippen molar-refractivity contribution in [3.05, 3.63) is 42.6 Å². The molecule has 6 heteroatoms. The molecule has 4 N–H and O–H groups in total. The molecule has 3 aromatic rings. The largest absolute Gasteiger partial charge is 0.497 e. The molecule has 2 heterocycles. The highest BCUT2D eigenvalue weighted by Crippen LogP contribution is 2.39. The van der Waals surface area contributed by atoms with Crippen molar-refractivity contribution in [3.63, 3.8) is 0 Å². The third-order valence-corrected chi connectivity index (χ3v) is 6.56. The number of aromatic amines is 1. The highest BCUT2D eigenvalue weighted by Gasteiger charge is 2.36. The number of methoxy groups -OCH3 is 1. The third-order valence-electron chi connectivity index (χ3n) is 6.56. The molecule has 0 bridgehead atoms. The Morgan fingerprint density at radius 3 is 2.83 bits per heavy atom. The molecule has 0 amide bonds. The zero-order valence-electron chi connectivity index (χ0n) is 17.7. The molecule has 1 saturated carbocycles. The smallest absolute Gasteiger partial charge is 0.139 e. The lowest BCUT2D eigenvalue weighted by molar-refractivity contribution is -0.117. The SMILES string of the molecule is COc1cccc(-c2cc3c(NCC4(C=O)CCC(C(C)N)CC4)ccnc3[nH]2)c1. The molecule has 0 aliphatic heterocycles. The van der Waals surface area contributed by atoms with Gasteiger partial charge in [-0.15, -0.1) is 0 Å². The van der Waals surface area contributed by atoms with E-state index in [0.29, 0.717) is 12.5 Å². The normalized spacial score (nSPS) is 22.6. The number of nitrogens with one attached hydrogen (secondary N) is 2. The van der Waals surface area contributed by atoms with Crippen molar-refractivity contribution in [2.24, 2.45) is 17.1 Å². The minimum Gasteiger partial charge on any atom is -0.497 e. The van der Waals surface area contributed by atoms with Crippen molar-refractivity contribution < 1.29 is 9.53 Å². The van der Waals surface area contributed by atoms with E-state index in [4.69, 9.17) is 10.5 Å². The molecular formula is C24H30N4O2. The van der Waals surface area contributed by atoms with Gasteiger partial charge in [-0.05, 0) is 62.8 Å². The van der Waals surface area contributed by atoms with E-state index in [1.54, 1.807) is 13.3 Å². The second kappa shape index (κ2) is 8.48. The van der Waals surface area contributed by atoms with E-state index in [9.17, 15) is 4.79 Å². The van der Waals surface area contributed by atoms with Gasteiger partial charge >= 0.3 is 0 Å². The first-order chi connectivity index (χ1) is 14.5. The standard InChI is InChI=1S/C24H30N4O2/c1-16(25)17-6-9-24(15-29,10-7-17)14-27-21-8-11-26-23-20(21)13-22(28-23)18-4-3-5-19(12-18)30-2/h3-5,8,11-13,15-17H,6-7,9-10,14,25H2,1-2H3,(H2,26,27,28). The van der Waals surface area contributed by atoms with Gasteiger partial charge in [-0.1, -0.05) is 12.1 Å². The van der Waals surface area contributed by atoms with Crippen molar-refractivity contribution in [2.45, 2.75) is 38.6 Å². The van der Waals surface area contributed by atoms with Crippen LogP contribution in [0.1, 0.15) is 32.6 Å². The molecule has 0 radical (unpaired) electrons. The summed E-state index contributed by atoms with van der Waals surface area (Å²) in [7, 11) is 1.67. The van der Waals surface area contributed by atoms with Gasteiger partial charge in [-0.2, -0.15) is 0 Å². The topological polar surface area (TPSA) is 93.0 Å². The van der Waals surface area contributed by atoms with Gasteiger partial charge in [-0.25, -0.2) is 4.98 Å².